The molecule has 1 aliphatic rings. The Kier molecular flexibility index (Phi) is 6.81. The largest absolute Gasteiger partial charge is 0.366 e. The number of likely N-dealkylation sites (tertiary alicyclic amines) is 1. The first-order valence-corrected chi connectivity index (χ1v) is 9.32. The van der Waals surface area contributed by atoms with E-state index in [0.717, 1.165) is 48.9 Å². The number of carbonyl (C=O) groups excluding carboxylic acids is 1. The number of nitrogens with one attached hydrogen (secondary N) is 2. The summed E-state index contributed by atoms with van der Waals surface area (Å²) in [5.41, 5.74) is 3.57. The fraction of sp³-hybridized carbons (Fsp3) is 0.300. The molecule has 0 aliphatic carbocycles. The third-order valence-electron chi connectivity index (χ3n) is 4.48. The summed E-state index contributed by atoms with van der Waals surface area (Å²) >= 11 is 6.08. The zero-order chi connectivity index (χ0) is 19.1. The molecule has 6 nitrogen and oxygen atoms in total. The lowest BCUT2D eigenvalue weighted by molar-refractivity contribution is -0.124. The van der Waals surface area contributed by atoms with Gasteiger partial charge in [0.25, 0.3) is 5.91 Å². The molecule has 0 unspecified atom stereocenters. The fourth-order valence-electron chi connectivity index (χ4n) is 3.22. The Morgan fingerprint density at radius 2 is 2.26 bits per heavy atom. The summed E-state index contributed by atoms with van der Waals surface area (Å²) in [7, 11) is 0. The summed E-state index contributed by atoms with van der Waals surface area (Å²) in [5, 5.41) is 12.7. The third kappa shape index (κ3) is 6.06. The number of piperidine rings is 1. The second-order valence-electron chi connectivity index (χ2n) is 6.63. The molecule has 2 heterocycles. The number of hydrogen-bond acceptors (Lipinski definition) is 5. The number of hydrogen-bond donors (Lipinski definition) is 3. The van der Waals surface area contributed by atoms with Crippen molar-refractivity contribution in [2.75, 3.05) is 18.4 Å². The molecule has 1 aromatic heterocycles. The molecule has 1 fully saturated rings. The zero-order valence-electron chi connectivity index (χ0n) is 14.9. The van der Waals surface area contributed by atoms with Crippen LogP contribution in [-0.2, 0) is 11.3 Å². The number of carbonyl (C=O) groups is 1. The highest BCUT2D eigenvalue weighted by molar-refractivity contribution is 6.30. The number of halogens is 1. The predicted octanol–water partition coefficient (Wildman–Crippen LogP) is 3.33. The van der Waals surface area contributed by atoms with Gasteiger partial charge in [0.2, 0.25) is 0 Å². The Labute approximate surface area is 163 Å². The van der Waals surface area contributed by atoms with Crippen LogP contribution in [0, 0.1) is 0 Å². The van der Waals surface area contributed by atoms with Gasteiger partial charge >= 0.3 is 0 Å². The van der Waals surface area contributed by atoms with Gasteiger partial charge in [0.1, 0.15) is 5.82 Å². The molecule has 0 radical (unpaired) electrons. The van der Waals surface area contributed by atoms with Crippen LogP contribution in [0.2, 0.25) is 5.02 Å². The van der Waals surface area contributed by atoms with E-state index in [9.17, 15) is 4.79 Å². The van der Waals surface area contributed by atoms with Crippen molar-refractivity contribution in [3.8, 4) is 0 Å². The normalized spacial score (nSPS) is 17.8. The van der Waals surface area contributed by atoms with E-state index in [2.05, 4.69) is 21.3 Å². The standard InChI is InChI=1S/C20H23ClN4O2/c21-17-4-1-3-16(11-17)13-25-10-2-5-18(14-25)23-19-8-6-15(12-22-19)7-9-20(26)24-27/h1,3-4,6-9,11-12,18,27H,2,5,10,13-14H2,(H,22,23)(H,24,26)/t18-/m1/s1. The quantitative estimate of drug-likeness (QED) is 0.403. The Morgan fingerprint density at radius 1 is 1.37 bits per heavy atom. The Balaban J connectivity index is 1.54. The number of aromatic nitrogens is 1. The fourth-order valence-corrected chi connectivity index (χ4v) is 3.43. The molecule has 1 amide bonds. The minimum absolute atomic E-state index is 0.340. The molecule has 1 atom stereocenters. The molecule has 0 spiro atoms. The van der Waals surface area contributed by atoms with Crippen molar-refractivity contribution in [1.82, 2.24) is 15.4 Å². The number of hydroxylamine groups is 1. The molecule has 7 heteroatoms. The van der Waals surface area contributed by atoms with E-state index in [4.69, 9.17) is 16.8 Å². The summed E-state index contributed by atoms with van der Waals surface area (Å²) in [6.07, 6.45) is 6.77. The molecule has 1 saturated heterocycles. The van der Waals surface area contributed by atoms with Gasteiger partial charge in [-0.2, -0.15) is 0 Å². The first-order chi connectivity index (χ1) is 13.1. The van der Waals surface area contributed by atoms with E-state index in [0.29, 0.717) is 6.04 Å². The maximum Gasteiger partial charge on any atom is 0.267 e. The average molecular weight is 387 g/mol. The molecule has 1 aromatic carbocycles. The average Bonchev–Trinajstić information content (AvgIpc) is 2.67. The van der Waals surface area contributed by atoms with Crippen LogP contribution in [0.5, 0.6) is 0 Å². The van der Waals surface area contributed by atoms with E-state index in [1.807, 2.05) is 30.3 Å². The van der Waals surface area contributed by atoms with Crippen LogP contribution in [0.1, 0.15) is 24.0 Å². The number of benzene rings is 1. The van der Waals surface area contributed by atoms with Gasteiger partial charge in [-0.1, -0.05) is 23.7 Å². The van der Waals surface area contributed by atoms with Crippen LogP contribution < -0.4 is 10.8 Å². The van der Waals surface area contributed by atoms with Crippen LogP contribution in [0.4, 0.5) is 5.82 Å². The highest BCUT2D eigenvalue weighted by Crippen LogP contribution is 2.19. The molecule has 0 saturated carbocycles. The van der Waals surface area contributed by atoms with Crippen molar-refractivity contribution in [1.29, 1.82) is 0 Å². The predicted molar refractivity (Wildman–Crippen MR) is 107 cm³/mol. The summed E-state index contributed by atoms with van der Waals surface area (Å²) in [6, 6.07) is 12.1. The van der Waals surface area contributed by atoms with E-state index in [1.165, 1.54) is 11.6 Å². The molecule has 27 heavy (non-hydrogen) atoms. The molecular weight excluding hydrogens is 364 g/mol. The van der Waals surface area contributed by atoms with Gasteiger partial charge in [0.15, 0.2) is 0 Å². The second kappa shape index (κ2) is 9.50. The van der Waals surface area contributed by atoms with Crippen molar-refractivity contribution in [3.63, 3.8) is 0 Å². The van der Waals surface area contributed by atoms with Crippen molar-refractivity contribution in [3.05, 3.63) is 64.8 Å². The highest BCUT2D eigenvalue weighted by atomic mass is 35.5. The second-order valence-corrected chi connectivity index (χ2v) is 7.07. The summed E-state index contributed by atoms with van der Waals surface area (Å²) < 4.78 is 0. The molecule has 3 rings (SSSR count). The highest BCUT2D eigenvalue weighted by Gasteiger charge is 2.20. The van der Waals surface area contributed by atoms with Crippen molar-refractivity contribution < 1.29 is 10.0 Å². The van der Waals surface area contributed by atoms with Crippen LogP contribution in [0.3, 0.4) is 0 Å². The summed E-state index contributed by atoms with van der Waals surface area (Å²) in [4.78, 5) is 17.8. The number of pyridine rings is 1. The van der Waals surface area contributed by atoms with Gasteiger partial charge in [0, 0.05) is 36.4 Å². The summed E-state index contributed by atoms with van der Waals surface area (Å²) in [5.74, 6) is 0.243. The van der Waals surface area contributed by atoms with Gasteiger partial charge < -0.3 is 5.32 Å². The minimum atomic E-state index is -0.570. The zero-order valence-corrected chi connectivity index (χ0v) is 15.7. The summed E-state index contributed by atoms with van der Waals surface area (Å²) in [6.45, 7) is 2.92. The van der Waals surface area contributed by atoms with E-state index in [-0.39, 0.29) is 0 Å². The number of anilines is 1. The topological polar surface area (TPSA) is 77.5 Å². The first kappa shape index (κ1) is 19.4. The number of amides is 1. The van der Waals surface area contributed by atoms with Crippen LogP contribution in [0.15, 0.2) is 48.7 Å². The van der Waals surface area contributed by atoms with E-state index in [1.54, 1.807) is 17.8 Å². The van der Waals surface area contributed by atoms with Gasteiger partial charge in [-0.25, -0.2) is 10.5 Å². The van der Waals surface area contributed by atoms with Gasteiger partial charge in [-0.3, -0.25) is 14.9 Å². The lowest BCUT2D eigenvalue weighted by Crippen LogP contribution is -2.41. The van der Waals surface area contributed by atoms with Crippen molar-refractivity contribution >= 4 is 29.4 Å². The maximum absolute atomic E-state index is 11.0. The number of rotatable bonds is 6. The third-order valence-corrected chi connectivity index (χ3v) is 4.71. The monoisotopic (exact) mass is 386 g/mol. The minimum Gasteiger partial charge on any atom is -0.366 e. The molecule has 142 valence electrons. The van der Waals surface area contributed by atoms with E-state index < -0.39 is 5.91 Å². The SMILES string of the molecule is O=C(C=Cc1ccc(N[C@@H]2CCCN(Cc3cccc(Cl)c3)C2)nc1)NO. The van der Waals surface area contributed by atoms with Gasteiger partial charge in [-0.05, 0) is 60.9 Å². The van der Waals surface area contributed by atoms with Crippen molar-refractivity contribution in [2.45, 2.75) is 25.4 Å². The number of nitrogens with zero attached hydrogens (tertiary/aromatic N) is 2. The van der Waals surface area contributed by atoms with Crippen molar-refractivity contribution in [2.24, 2.45) is 0 Å². The van der Waals surface area contributed by atoms with Crippen LogP contribution >= 0.6 is 11.6 Å². The lowest BCUT2D eigenvalue weighted by atomic mass is 10.0. The van der Waals surface area contributed by atoms with E-state index >= 15 is 0 Å². The molecule has 3 N–H and O–H groups in total. The van der Waals surface area contributed by atoms with Gasteiger partial charge in [-0.15, -0.1) is 0 Å². The smallest absolute Gasteiger partial charge is 0.267 e. The molecule has 2 aromatic rings. The lowest BCUT2D eigenvalue weighted by Gasteiger charge is -2.33. The molecular formula is C20H23ClN4O2. The Hall–Kier alpha value is -2.41. The molecule has 0 bridgehead atoms. The maximum atomic E-state index is 11.0. The van der Waals surface area contributed by atoms with Crippen LogP contribution in [0.25, 0.3) is 6.08 Å². The van der Waals surface area contributed by atoms with Gasteiger partial charge in [0.05, 0.1) is 0 Å². The van der Waals surface area contributed by atoms with Crippen LogP contribution in [-0.4, -0.2) is 40.1 Å². The first-order valence-electron chi connectivity index (χ1n) is 8.94. The Bertz CT molecular complexity index is 795. The Morgan fingerprint density at radius 3 is 3.00 bits per heavy atom. The molecule has 1 aliphatic heterocycles.